The number of carbonyl (C=O) groups is 2. The van der Waals surface area contributed by atoms with E-state index in [-0.39, 0.29) is 24.4 Å². The van der Waals surface area contributed by atoms with E-state index in [1.165, 1.54) is 0 Å². The second-order valence-corrected chi connectivity index (χ2v) is 6.79. The lowest BCUT2D eigenvalue weighted by molar-refractivity contribution is -0.148. The third-order valence-corrected chi connectivity index (χ3v) is 4.41. The highest BCUT2D eigenvalue weighted by atomic mass is 16.5. The van der Waals surface area contributed by atoms with Gasteiger partial charge in [0.1, 0.15) is 6.10 Å². The van der Waals surface area contributed by atoms with E-state index >= 15 is 0 Å². The first-order chi connectivity index (χ1) is 10.9. The first kappa shape index (κ1) is 19.5. The Kier molecular flexibility index (Phi) is 8.67. The van der Waals surface area contributed by atoms with Crippen molar-refractivity contribution in [3.63, 3.8) is 0 Å². The molecular weight excluding hydrogens is 292 g/mol. The molecule has 0 fully saturated rings. The van der Waals surface area contributed by atoms with E-state index in [4.69, 9.17) is 9.84 Å². The van der Waals surface area contributed by atoms with Crippen molar-refractivity contribution >= 4 is 11.9 Å². The van der Waals surface area contributed by atoms with Crippen molar-refractivity contribution in [3.05, 3.63) is 24.3 Å². The average Bonchev–Trinajstić information content (AvgIpc) is 2.46. The van der Waals surface area contributed by atoms with Gasteiger partial charge in [-0.05, 0) is 56.4 Å². The summed E-state index contributed by atoms with van der Waals surface area (Å²) in [5.74, 6) is -0.437. The minimum atomic E-state index is -0.793. The highest BCUT2D eigenvalue weighted by molar-refractivity contribution is 5.70. The molecule has 0 saturated heterocycles. The molecule has 1 N–H and O–H groups in total. The van der Waals surface area contributed by atoms with Gasteiger partial charge in [-0.2, -0.15) is 0 Å². The molecule has 0 amide bonds. The molecule has 1 heterocycles. The van der Waals surface area contributed by atoms with Gasteiger partial charge in [-0.1, -0.05) is 32.1 Å². The standard InChI is InChI=1S/C19H30O4/c1-14(2)17-12-16(13-18(20)21)11-10-15(3)8-6-4-5-7-9-19(22)23-17/h4-5,15-17H,1,6-13H2,2-3H3,(H,20,21)/b5-4-. The molecule has 1 aliphatic rings. The molecule has 0 bridgehead atoms. The van der Waals surface area contributed by atoms with Gasteiger partial charge in [0.05, 0.1) is 0 Å². The van der Waals surface area contributed by atoms with Crippen molar-refractivity contribution in [1.82, 2.24) is 0 Å². The number of allylic oxidation sites excluding steroid dienone is 2. The van der Waals surface area contributed by atoms with E-state index in [9.17, 15) is 9.59 Å². The molecule has 3 atom stereocenters. The number of rotatable bonds is 3. The lowest BCUT2D eigenvalue weighted by atomic mass is 9.87. The zero-order valence-electron chi connectivity index (χ0n) is 14.4. The first-order valence-corrected chi connectivity index (χ1v) is 8.60. The van der Waals surface area contributed by atoms with Gasteiger partial charge >= 0.3 is 11.9 Å². The quantitative estimate of drug-likeness (QED) is 0.613. The van der Waals surface area contributed by atoms with Crippen LogP contribution in [0.5, 0.6) is 0 Å². The topological polar surface area (TPSA) is 63.6 Å². The third kappa shape index (κ3) is 8.58. The van der Waals surface area contributed by atoms with Crippen molar-refractivity contribution < 1.29 is 19.4 Å². The van der Waals surface area contributed by atoms with Crippen molar-refractivity contribution in [2.75, 3.05) is 0 Å². The molecule has 4 nitrogen and oxygen atoms in total. The minimum Gasteiger partial charge on any atom is -0.481 e. The van der Waals surface area contributed by atoms with Crippen LogP contribution in [-0.2, 0) is 14.3 Å². The Balaban J connectivity index is 2.81. The van der Waals surface area contributed by atoms with Gasteiger partial charge in [0, 0.05) is 12.8 Å². The molecule has 1 rings (SSSR count). The van der Waals surface area contributed by atoms with E-state index in [1.54, 1.807) is 0 Å². The van der Waals surface area contributed by atoms with E-state index in [0.717, 1.165) is 31.3 Å². The molecule has 1 aliphatic heterocycles. The van der Waals surface area contributed by atoms with E-state index in [1.807, 2.05) is 13.0 Å². The average molecular weight is 322 g/mol. The third-order valence-electron chi connectivity index (χ3n) is 4.41. The Morgan fingerprint density at radius 3 is 2.65 bits per heavy atom. The summed E-state index contributed by atoms with van der Waals surface area (Å²) >= 11 is 0. The van der Waals surface area contributed by atoms with Gasteiger partial charge in [0.2, 0.25) is 0 Å². The van der Waals surface area contributed by atoms with Gasteiger partial charge in [-0.25, -0.2) is 0 Å². The molecule has 0 aromatic heterocycles. The van der Waals surface area contributed by atoms with Crippen LogP contribution in [0.4, 0.5) is 0 Å². The number of ether oxygens (including phenoxy) is 1. The fourth-order valence-corrected chi connectivity index (χ4v) is 2.90. The number of carboxylic acid groups (broad SMARTS) is 1. The maximum absolute atomic E-state index is 11.9. The SMILES string of the molecule is C=C(C)C1CC(CC(=O)O)CCC(C)CC/C=C\CCC(=O)O1. The van der Waals surface area contributed by atoms with Crippen LogP contribution >= 0.6 is 0 Å². The highest BCUT2D eigenvalue weighted by Crippen LogP contribution is 2.26. The van der Waals surface area contributed by atoms with Crippen LogP contribution in [-0.4, -0.2) is 23.1 Å². The number of hydrogen-bond donors (Lipinski definition) is 1. The van der Waals surface area contributed by atoms with Crippen LogP contribution in [0.15, 0.2) is 24.3 Å². The van der Waals surface area contributed by atoms with E-state index in [0.29, 0.717) is 25.2 Å². The maximum Gasteiger partial charge on any atom is 0.306 e. The minimum absolute atomic E-state index is 0.0166. The summed E-state index contributed by atoms with van der Waals surface area (Å²) in [6.45, 7) is 7.96. The maximum atomic E-state index is 11.9. The van der Waals surface area contributed by atoms with Crippen molar-refractivity contribution in [2.24, 2.45) is 11.8 Å². The Bertz CT molecular complexity index is 439. The smallest absolute Gasteiger partial charge is 0.306 e. The number of cyclic esters (lactones) is 1. The summed E-state index contributed by atoms with van der Waals surface area (Å²) < 4.78 is 5.53. The Hall–Kier alpha value is -1.58. The number of carboxylic acids is 1. The normalized spacial score (nSPS) is 29.1. The number of hydrogen-bond acceptors (Lipinski definition) is 3. The summed E-state index contributed by atoms with van der Waals surface area (Å²) in [5, 5.41) is 9.14. The molecule has 0 saturated carbocycles. The Morgan fingerprint density at radius 2 is 2.00 bits per heavy atom. The van der Waals surface area contributed by atoms with Gasteiger partial charge in [-0.3, -0.25) is 9.59 Å². The van der Waals surface area contributed by atoms with Crippen LogP contribution in [0.2, 0.25) is 0 Å². The molecule has 0 aliphatic carbocycles. The van der Waals surface area contributed by atoms with Gasteiger partial charge in [0.15, 0.2) is 0 Å². The highest BCUT2D eigenvalue weighted by Gasteiger charge is 2.23. The van der Waals surface area contributed by atoms with Crippen LogP contribution in [0.1, 0.15) is 65.2 Å². The molecule has 0 spiro atoms. The van der Waals surface area contributed by atoms with Crippen LogP contribution in [0.3, 0.4) is 0 Å². The monoisotopic (exact) mass is 322 g/mol. The van der Waals surface area contributed by atoms with Crippen LogP contribution in [0.25, 0.3) is 0 Å². The predicted octanol–water partition coefficient (Wildman–Crippen LogP) is 4.50. The van der Waals surface area contributed by atoms with E-state index in [2.05, 4.69) is 19.6 Å². The summed E-state index contributed by atoms with van der Waals surface area (Å²) in [7, 11) is 0. The number of aliphatic carboxylic acids is 1. The number of carbonyl (C=O) groups excluding carboxylic acids is 1. The molecule has 0 radical (unpaired) electrons. The summed E-state index contributed by atoms with van der Waals surface area (Å²) in [4.78, 5) is 23.1. The Morgan fingerprint density at radius 1 is 1.30 bits per heavy atom. The molecular formula is C19H30O4. The summed E-state index contributed by atoms with van der Waals surface area (Å²) in [6.07, 6.45) is 9.47. The fourth-order valence-electron chi connectivity index (χ4n) is 2.90. The molecule has 3 unspecified atom stereocenters. The zero-order valence-corrected chi connectivity index (χ0v) is 14.4. The van der Waals surface area contributed by atoms with E-state index < -0.39 is 5.97 Å². The fraction of sp³-hybridized carbons (Fsp3) is 0.684. The summed E-state index contributed by atoms with van der Waals surface area (Å²) in [6, 6.07) is 0. The lowest BCUT2D eigenvalue weighted by Crippen LogP contribution is -2.24. The number of esters is 1. The molecule has 4 heteroatoms. The molecule has 23 heavy (non-hydrogen) atoms. The Labute approximate surface area is 139 Å². The van der Waals surface area contributed by atoms with Crippen LogP contribution in [0, 0.1) is 11.8 Å². The predicted molar refractivity (Wildman–Crippen MR) is 91.1 cm³/mol. The van der Waals surface area contributed by atoms with Gasteiger partial charge in [0.25, 0.3) is 0 Å². The van der Waals surface area contributed by atoms with Crippen molar-refractivity contribution in [3.8, 4) is 0 Å². The summed E-state index contributed by atoms with van der Waals surface area (Å²) in [5.41, 5.74) is 0.782. The molecule has 0 aromatic rings. The van der Waals surface area contributed by atoms with Crippen LogP contribution < -0.4 is 0 Å². The van der Waals surface area contributed by atoms with Gasteiger partial charge in [-0.15, -0.1) is 0 Å². The zero-order chi connectivity index (χ0) is 17.2. The first-order valence-electron chi connectivity index (χ1n) is 8.60. The van der Waals surface area contributed by atoms with Crippen molar-refractivity contribution in [2.45, 2.75) is 71.3 Å². The largest absolute Gasteiger partial charge is 0.481 e. The van der Waals surface area contributed by atoms with Gasteiger partial charge < -0.3 is 9.84 Å². The second kappa shape index (κ2) is 10.2. The van der Waals surface area contributed by atoms with Crippen molar-refractivity contribution in [1.29, 1.82) is 0 Å². The lowest BCUT2D eigenvalue weighted by Gasteiger charge is -2.24. The molecule has 0 aromatic carbocycles. The second-order valence-electron chi connectivity index (χ2n) is 6.79. The molecule has 130 valence electrons.